The number of rotatable bonds is 4. The van der Waals surface area contributed by atoms with Gasteiger partial charge in [-0.1, -0.05) is 6.92 Å². The lowest BCUT2D eigenvalue weighted by molar-refractivity contribution is 0.226. The van der Waals surface area contributed by atoms with E-state index in [1.54, 1.807) is 19.1 Å². The van der Waals surface area contributed by atoms with Crippen molar-refractivity contribution < 1.29 is 9.52 Å². The lowest BCUT2D eigenvalue weighted by atomic mass is 9.81. The molecule has 1 aromatic carbocycles. The van der Waals surface area contributed by atoms with E-state index < -0.39 is 0 Å². The van der Waals surface area contributed by atoms with E-state index >= 15 is 0 Å². The maximum atomic E-state index is 10.5. The number of nitrogens with one attached hydrogen (secondary N) is 1. The standard InChI is InChI=1S/C25H27N5O2/c1-14-9-17(10-14)27-16-7-8-30(13-16)25-6-5-20-21(29-25)4-3-19(28-20)18-11-24-22(12-23(18)31)26-15(2)32-24/h3-6,11-12,14,16-17,27,31H,7-10,13H2,1-2H3/t14?,16-,17?/m1/s1. The van der Waals surface area contributed by atoms with E-state index in [0.717, 1.165) is 42.3 Å². The van der Waals surface area contributed by atoms with Gasteiger partial charge in [0.05, 0.1) is 16.7 Å². The van der Waals surface area contributed by atoms with Crippen LogP contribution in [0.25, 0.3) is 33.4 Å². The van der Waals surface area contributed by atoms with Crippen LogP contribution in [0.15, 0.2) is 40.8 Å². The second-order valence-corrected chi connectivity index (χ2v) is 9.35. The van der Waals surface area contributed by atoms with Crippen LogP contribution in [0.1, 0.15) is 32.1 Å². The van der Waals surface area contributed by atoms with Crippen molar-refractivity contribution in [2.75, 3.05) is 18.0 Å². The molecule has 1 aliphatic carbocycles. The SMILES string of the molecule is Cc1nc2cc(O)c(-c3ccc4nc(N5CC[C@@H](NC6CC(C)C6)C5)ccc4n3)cc2o1. The summed E-state index contributed by atoms with van der Waals surface area (Å²) in [5.41, 5.74) is 4.24. The van der Waals surface area contributed by atoms with Crippen LogP contribution >= 0.6 is 0 Å². The van der Waals surface area contributed by atoms with Crippen LogP contribution in [-0.4, -0.2) is 45.2 Å². The highest BCUT2D eigenvalue weighted by atomic mass is 16.3. The monoisotopic (exact) mass is 429 g/mol. The molecule has 2 N–H and O–H groups in total. The predicted octanol–water partition coefficient (Wildman–Crippen LogP) is 4.42. The summed E-state index contributed by atoms with van der Waals surface area (Å²) in [6.07, 6.45) is 3.76. The minimum atomic E-state index is 0.138. The first-order chi connectivity index (χ1) is 15.5. The summed E-state index contributed by atoms with van der Waals surface area (Å²) in [5, 5.41) is 14.3. The number of oxazole rings is 1. The summed E-state index contributed by atoms with van der Waals surface area (Å²) in [7, 11) is 0. The molecule has 164 valence electrons. The molecule has 7 heteroatoms. The molecule has 1 saturated carbocycles. The molecule has 0 unspecified atom stereocenters. The topological polar surface area (TPSA) is 87.3 Å². The lowest BCUT2D eigenvalue weighted by Crippen LogP contribution is -2.46. The Labute approximate surface area is 186 Å². The number of phenolic OH excluding ortho intramolecular Hbond substituents is 1. The van der Waals surface area contributed by atoms with Crippen LogP contribution in [0.2, 0.25) is 0 Å². The molecule has 1 aliphatic heterocycles. The number of aromatic nitrogens is 3. The third kappa shape index (κ3) is 3.46. The molecule has 2 aliphatic rings. The first-order valence-electron chi connectivity index (χ1n) is 11.4. The van der Waals surface area contributed by atoms with Crippen LogP contribution in [0.3, 0.4) is 0 Å². The minimum Gasteiger partial charge on any atom is -0.507 e. The minimum absolute atomic E-state index is 0.138. The summed E-state index contributed by atoms with van der Waals surface area (Å²) in [5.74, 6) is 2.58. The Bertz CT molecular complexity index is 1310. The fourth-order valence-electron chi connectivity index (χ4n) is 5.08. The van der Waals surface area contributed by atoms with Gasteiger partial charge in [-0.05, 0) is 55.5 Å². The number of phenols is 1. The number of fused-ring (bicyclic) bond motifs is 2. The summed E-state index contributed by atoms with van der Waals surface area (Å²) in [6, 6.07) is 12.6. The van der Waals surface area contributed by atoms with Gasteiger partial charge in [-0.3, -0.25) is 0 Å². The van der Waals surface area contributed by atoms with Gasteiger partial charge in [0.25, 0.3) is 0 Å². The van der Waals surface area contributed by atoms with E-state index in [9.17, 15) is 5.11 Å². The number of anilines is 1. The summed E-state index contributed by atoms with van der Waals surface area (Å²) in [4.78, 5) is 16.3. The fourth-order valence-corrected chi connectivity index (χ4v) is 5.08. The quantitative estimate of drug-likeness (QED) is 0.496. The van der Waals surface area contributed by atoms with E-state index in [1.807, 2.05) is 18.2 Å². The Balaban J connectivity index is 1.24. The van der Waals surface area contributed by atoms with Crippen molar-refractivity contribution in [1.29, 1.82) is 0 Å². The molecule has 4 heterocycles. The molecule has 2 fully saturated rings. The molecule has 1 atom stereocenters. The Morgan fingerprint density at radius 2 is 1.81 bits per heavy atom. The van der Waals surface area contributed by atoms with Crippen molar-refractivity contribution in [3.8, 4) is 17.0 Å². The van der Waals surface area contributed by atoms with Crippen molar-refractivity contribution in [3.63, 3.8) is 0 Å². The van der Waals surface area contributed by atoms with Crippen molar-refractivity contribution in [1.82, 2.24) is 20.3 Å². The average molecular weight is 430 g/mol. The number of hydrogen-bond donors (Lipinski definition) is 2. The molecule has 7 nitrogen and oxygen atoms in total. The van der Waals surface area contributed by atoms with Crippen LogP contribution in [-0.2, 0) is 0 Å². The molecule has 3 aromatic heterocycles. The van der Waals surface area contributed by atoms with Crippen molar-refractivity contribution in [2.45, 2.75) is 45.2 Å². The molecular formula is C25H27N5O2. The number of hydrogen-bond acceptors (Lipinski definition) is 7. The van der Waals surface area contributed by atoms with Crippen LogP contribution < -0.4 is 10.2 Å². The molecule has 0 radical (unpaired) electrons. The van der Waals surface area contributed by atoms with E-state index in [0.29, 0.717) is 40.3 Å². The third-order valence-corrected chi connectivity index (χ3v) is 6.77. The van der Waals surface area contributed by atoms with Crippen LogP contribution in [0, 0.1) is 12.8 Å². The summed E-state index contributed by atoms with van der Waals surface area (Å²) >= 11 is 0. The van der Waals surface area contributed by atoms with Gasteiger partial charge >= 0.3 is 0 Å². The summed E-state index contributed by atoms with van der Waals surface area (Å²) < 4.78 is 5.62. The van der Waals surface area contributed by atoms with Gasteiger partial charge in [0.15, 0.2) is 11.5 Å². The number of aryl methyl sites for hydroxylation is 1. The zero-order chi connectivity index (χ0) is 21.8. The highest BCUT2D eigenvalue weighted by molar-refractivity contribution is 5.86. The fraction of sp³-hybridized carbons (Fsp3) is 0.400. The number of benzene rings is 1. The maximum absolute atomic E-state index is 10.5. The Morgan fingerprint density at radius 1 is 1.00 bits per heavy atom. The lowest BCUT2D eigenvalue weighted by Gasteiger charge is -2.35. The average Bonchev–Trinajstić information content (AvgIpc) is 3.36. The predicted molar refractivity (Wildman–Crippen MR) is 125 cm³/mol. The van der Waals surface area contributed by atoms with Crippen LogP contribution in [0.4, 0.5) is 5.82 Å². The van der Waals surface area contributed by atoms with Gasteiger partial charge < -0.3 is 19.7 Å². The van der Waals surface area contributed by atoms with Gasteiger partial charge in [0, 0.05) is 43.7 Å². The molecular weight excluding hydrogens is 402 g/mol. The van der Waals surface area contributed by atoms with E-state index in [1.165, 1.54) is 12.8 Å². The number of pyridine rings is 2. The van der Waals surface area contributed by atoms with Gasteiger partial charge in [-0.2, -0.15) is 0 Å². The van der Waals surface area contributed by atoms with E-state index in [-0.39, 0.29) is 5.75 Å². The highest BCUT2D eigenvalue weighted by Gasteiger charge is 2.30. The molecule has 1 saturated heterocycles. The van der Waals surface area contributed by atoms with Crippen molar-refractivity contribution in [2.24, 2.45) is 5.92 Å². The largest absolute Gasteiger partial charge is 0.507 e. The maximum Gasteiger partial charge on any atom is 0.192 e. The molecule has 0 spiro atoms. The molecule has 32 heavy (non-hydrogen) atoms. The smallest absolute Gasteiger partial charge is 0.192 e. The third-order valence-electron chi connectivity index (χ3n) is 6.77. The molecule has 0 bridgehead atoms. The summed E-state index contributed by atoms with van der Waals surface area (Å²) in [6.45, 7) is 6.14. The molecule has 6 rings (SSSR count). The highest BCUT2D eigenvalue weighted by Crippen LogP contribution is 2.34. The zero-order valence-corrected chi connectivity index (χ0v) is 18.4. The Morgan fingerprint density at radius 3 is 2.66 bits per heavy atom. The van der Waals surface area contributed by atoms with Gasteiger partial charge in [-0.25, -0.2) is 15.0 Å². The zero-order valence-electron chi connectivity index (χ0n) is 18.4. The second kappa shape index (κ2) is 7.45. The van der Waals surface area contributed by atoms with Gasteiger partial charge in [0.2, 0.25) is 0 Å². The van der Waals surface area contributed by atoms with Crippen molar-refractivity contribution in [3.05, 3.63) is 42.3 Å². The normalized spacial score (nSPS) is 23.2. The van der Waals surface area contributed by atoms with Gasteiger partial charge in [0.1, 0.15) is 17.1 Å². The van der Waals surface area contributed by atoms with E-state index in [4.69, 9.17) is 14.4 Å². The van der Waals surface area contributed by atoms with Crippen LogP contribution in [0.5, 0.6) is 5.75 Å². The molecule has 0 amide bonds. The first-order valence-corrected chi connectivity index (χ1v) is 11.4. The Kier molecular flexibility index (Phi) is 4.54. The number of nitrogens with zero attached hydrogens (tertiary/aromatic N) is 4. The first kappa shape index (κ1) is 19.5. The molecule has 4 aromatic rings. The van der Waals surface area contributed by atoms with E-state index in [2.05, 4.69) is 28.2 Å². The number of aromatic hydroxyl groups is 1. The van der Waals surface area contributed by atoms with Gasteiger partial charge in [-0.15, -0.1) is 0 Å². The van der Waals surface area contributed by atoms with Crippen molar-refractivity contribution >= 4 is 28.0 Å². The second-order valence-electron chi connectivity index (χ2n) is 9.35. The Hall–Kier alpha value is -3.19.